The van der Waals surface area contributed by atoms with Crippen LogP contribution >= 0.6 is 7.60 Å². The van der Waals surface area contributed by atoms with Gasteiger partial charge in [-0.05, 0) is 6.92 Å². The number of nitrogens with two attached hydrogens (primary N) is 1. The summed E-state index contributed by atoms with van der Waals surface area (Å²) in [5.41, 5.74) is 3.60. The summed E-state index contributed by atoms with van der Waals surface area (Å²) >= 11 is 0. The van der Waals surface area contributed by atoms with E-state index in [2.05, 4.69) is 0 Å². The molecule has 0 bridgehead atoms. The fraction of sp³-hybridized carbons (Fsp3) is 1.00. The third-order valence-corrected chi connectivity index (χ3v) is 2.39. The van der Waals surface area contributed by atoms with Gasteiger partial charge in [0.2, 0.25) is 0 Å². The zero-order valence-corrected chi connectivity index (χ0v) is 5.82. The van der Waals surface area contributed by atoms with Crippen molar-refractivity contribution in [1.29, 1.82) is 0 Å². The van der Waals surface area contributed by atoms with Crippen LogP contribution in [0.15, 0.2) is 0 Å². The zero-order valence-electron chi connectivity index (χ0n) is 4.93. The highest BCUT2D eigenvalue weighted by atomic mass is 31.2. The average molecular weight is 155 g/mol. The van der Waals surface area contributed by atoms with E-state index in [1.807, 2.05) is 0 Å². The van der Waals surface area contributed by atoms with E-state index in [1.165, 1.54) is 6.92 Å². The maximum atomic E-state index is 10.2. The molecule has 2 unspecified atom stereocenters. The van der Waals surface area contributed by atoms with Crippen molar-refractivity contribution in [3.05, 3.63) is 0 Å². The second kappa shape index (κ2) is 2.77. The normalized spacial score (nSPS) is 19.2. The summed E-state index contributed by atoms with van der Waals surface area (Å²) < 4.78 is 10.2. The van der Waals surface area contributed by atoms with Crippen LogP contribution in [0.2, 0.25) is 0 Å². The molecule has 0 aromatic rings. The first kappa shape index (κ1) is 9.07. The lowest BCUT2D eigenvalue weighted by Gasteiger charge is -2.14. The van der Waals surface area contributed by atoms with Crippen molar-refractivity contribution >= 4 is 7.60 Å². The molecule has 2 atom stereocenters. The van der Waals surface area contributed by atoms with E-state index in [1.54, 1.807) is 0 Å². The van der Waals surface area contributed by atoms with Gasteiger partial charge >= 0.3 is 7.60 Å². The molecule has 6 heteroatoms. The number of rotatable bonds is 2. The molecule has 0 saturated heterocycles. The van der Waals surface area contributed by atoms with Crippen LogP contribution in [0, 0.1) is 0 Å². The van der Waals surface area contributed by atoms with Gasteiger partial charge in [-0.3, -0.25) is 4.57 Å². The van der Waals surface area contributed by atoms with Gasteiger partial charge in [-0.1, -0.05) is 0 Å². The number of aliphatic hydroxyl groups excluding tert-OH is 1. The van der Waals surface area contributed by atoms with Crippen LogP contribution in [0.25, 0.3) is 0 Å². The summed E-state index contributed by atoms with van der Waals surface area (Å²) in [5, 5.41) is 8.44. The van der Waals surface area contributed by atoms with Gasteiger partial charge in [0.25, 0.3) is 0 Å². The summed E-state index contributed by atoms with van der Waals surface area (Å²) in [4.78, 5) is 16.7. The van der Waals surface area contributed by atoms with Crippen molar-refractivity contribution in [3.63, 3.8) is 0 Å². The van der Waals surface area contributed by atoms with Crippen LogP contribution in [-0.4, -0.2) is 26.8 Å². The Labute approximate surface area is 52.7 Å². The van der Waals surface area contributed by atoms with Gasteiger partial charge in [0, 0.05) is 0 Å². The van der Waals surface area contributed by atoms with Crippen molar-refractivity contribution in [3.8, 4) is 0 Å². The lowest BCUT2D eigenvalue weighted by Crippen LogP contribution is -2.31. The van der Waals surface area contributed by atoms with Crippen LogP contribution in [0.1, 0.15) is 6.92 Å². The third-order valence-electron chi connectivity index (χ3n) is 1.02. The molecule has 5 N–H and O–H groups in total. The minimum Gasteiger partial charge on any atom is -0.378 e. The molecular weight excluding hydrogens is 145 g/mol. The van der Waals surface area contributed by atoms with Crippen LogP contribution in [0.4, 0.5) is 0 Å². The Balaban J connectivity index is 4.05. The predicted molar refractivity (Wildman–Crippen MR) is 31.7 cm³/mol. The van der Waals surface area contributed by atoms with Crippen LogP contribution in [0.5, 0.6) is 0 Å². The fourth-order valence-electron chi connectivity index (χ4n) is 0.199. The van der Waals surface area contributed by atoms with Gasteiger partial charge in [0.1, 0.15) is 6.23 Å². The van der Waals surface area contributed by atoms with E-state index in [0.717, 1.165) is 0 Å². The molecule has 9 heavy (non-hydrogen) atoms. The molecule has 5 nitrogen and oxygen atoms in total. The first-order valence-corrected chi connectivity index (χ1v) is 4.02. The van der Waals surface area contributed by atoms with Gasteiger partial charge in [0.05, 0.1) is 5.66 Å². The summed E-state index contributed by atoms with van der Waals surface area (Å²) in [7, 11) is -4.19. The molecule has 0 radical (unpaired) electrons. The average Bonchev–Trinajstić information content (AvgIpc) is 1.62. The van der Waals surface area contributed by atoms with E-state index >= 15 is 0 Å². The quantitative estimate of drug-likeness (QED) is 0.297. The lowest BCUT2D eigenvalue weighted by molar-refractivity contribution is 0.168. The second-order valence-corrected chi connectivity index (χ2v) is 3.81. The SMILES string of the molecule is CC(C(N)O)P(=O)(O)O. The maximum Gasteiger partial charge on any atom is 0.332 e. The van der Waals surface area contributed by atoms with Crippen LogP contribution in [-0.2, 0) is 4.57 Å². The van der Waals surface area contributed by atoms with Crippen molar-refractivity contribution in [1.82, 2.24) is 0 Å². The summed E-state index contributed by atoms with van der Waals surface area (Å²) in [6.45, 7) is 1.19. The molecule has 0 fully saturated rings. The Bertz CT molecular complexity index is 130. The van der Waals surface area contributed by atoms with E-state index < -0.39 is 19.5 Å². The standard InChI is InChI=1S/C3H10NO4P/c1-2(3(4)5)9(6,7)8/h2-3,5H,4H2,1H3,(H2,6,7,8). The van der Waals surface area contributed by atoms with E-state index in [0.29, 0.717) is 0 Å². The Hall–Kier alpha value is 0.0700. The van der Waals surface area contributed by atoms with Gasteiger partial charge in [-0.15, -0.1) is 0 Å². The minimum absolute atomic E-state index is 1.18. The molecule has 0 aromatic heterocycles. The van der Waals surface area contributed by atoms with Crippen molar-refractivity contribution in [2.45, 2.75) is 18.8 Å². The Morgan fingerprint density at radius 1 is 1.56 bits per heavy atom. The Morgan fingerprint density at radius 3 is 1.89 bits per heavy atom. The van der Waals surface area contributed by atoms with Gasteiger partial charge < -0.3 is 20.6 Å². The molecule has 0 aromatic carbocycles. The highest BCUT2D eigenvalue weighted by Crippen LogP contribution is 2.41. The first-order chi connectivity index (χ1) is 3.85. The summed E-state index contributed by atoms with van der Waals surface area (Å²) in [6, 6.07) is 0. The van der Waals surface area contributed by atoms with Crippen molar-refractivity contribution in [2.75, 3.05) is 0 Å². The molecule has 0 aliphatic rings. The molecule has 56 valence electrons. The molecule has 0 aliphatic carbocycles. The van der Waals surface area contributed by atoms with Crippen molar-refractivity contribution < 1.29 is 19.5 Å². The molecule has 0 amide bonds. The third kappa shape index (κ3) is 2.93. The number of aliphatic hydroxyl groups is 1. The fourth-order valence-corrected chi connectivity index (χ4v) is 0.597. The Morgan fingerprint density at radius 2 is 1.89 bits per heavy atom. The molecule has 0 heterocycles. The van der Waals surface area contributed by atoms with Crippen molar-refractivity contribution in [2.24, 2.45) is 5.73 Å². The predicted octanol–water partition coefficient (Wildman–Crippen LogP) is -1.17. The molecule has 0 spiro atoms. The van der Waals surface area contributed by atoms with Gasteiger partial charge in [-0.25, -0.2) is 0 Å². The maximum absolute atomic E-state index is 10.2. The highest BCUT2D eigenvalue weighted by Gasteiger charge is 2.28. The van der Waals surface area contributed by atoms with E-state index in [9.17, 15) is 4.57 Å². The first-order valence-electron chi connectivity index (χ1n) is 2.34. The molecular formula is C3H10NO4P. The van der Waals surface area contributed by atoms with Gasteiger partial charge in [-0.2, -0.15) is 0 Å². The van der Waals surface area contributed by atoms with Crippen LogP contribution < -0.4 is 5.73 Å². The molecule has 0 rings (SSSR count). The zero-order chi connectivity index (χ0) is 7.65. The van der Waals surface area contributed by atoms with E-state index in [-0.39, 0.29) is 0 Å². The number of hydrogen-bond acceptors (Lipinski definition) is 3. The van der Waals surface area contributed by atoms with Gasteiger partial charge in [0.15, 0.2) is 0 Å². The lowest BCUT2D eigenvalue weighted by atomic mass is 10.4. The van der Waals surface area contributed by atoms with Crippen LogP contribution in [0.3, 0.4) is 0 Å². The highest BCUT2D eigenvalue weighted by molar-refractivity contribution is 7.52. The second-order valence-electron chi connectivity index (χ2n) is 1.82. The van der Waals surface area contributed by atoms with E-state index in [4.69, 9.17) is 20.6 Å². The molecule has 0 saturated carbocycles. The smallest absolute Gasteiger partial charge is 0.332 e. The topological polar surface area (TPSA) is 104 Å². The Kier molecular flexibility index (Phi) is 2.79. The molecule has 0 aliphatic heterocycles. The summed E-state index contributed by atoms with van der Waals surface area (Å²) in [5.74, 6) is 0. The minimum atomic E-state index is -4.19. The monoisotopic (exact) mass is 155 g/mol. The number of hydrogen-bond donors (Lipinski definition) is 4. The summed E-state index contributed by atoms with van der Waals surface area (Å²) in [6.07, 6.45) is -1.45. The largest absolute Gasteiger partial charge is 0.378 e.